The molecule has 1 aromatic heterocycles. The third-order valence-electron chi connectivity index (χ3n) is 6.39. The number of nitrogens with zero attached hydrogens (tertiary/aromatic N) is 5. The number of hydrogen-bond acceptors (Lipinski definition) is 6. The average Bonchev–Trinajstić information content (AvgIpc) is 2.90. The summed E-state index contributed by atoms with van der Waals surface area (Å²) >= 11 is 0. The Morgan fingerprint density at radius 2 is 1.41 bits per heavy atom. The molecular formula is C25H27N5O4. The number of aromatic nitrogens is 2. The molecule has 0 N–H and O–H groups in total. The van der Waals surface area contributed by atoms with Crippen molar-refractivity contribution in [1.82, 2.24) is 24.5 Å². The quantitative estimate of drug-likeness (QED) is 0.576. The molecule has 2 aliphatic rings. The smallest absolute Gasteiger partial charge is 0.279 e. The molecule has 0 atom stereocenters. The molecule has 0 aliphatic carbocycles. The molecule has 2 saturated heterocycles. The highest BCUT2D eigenvalue weighted by Gasteiger charge is 2.28. The minimum atomic E-state index is -0.267. The van der Waals surface area contributed by atoms with Crippen LogP contribution in [0.4, 0.5) is 0 Å². The van der Waals surface area contributed by atoms with Gasteiger partial charge in [0, 0.05) is 44.7 Å². The molecule has 5 rings (SSSR count). The van der Waals surface area contributed by atoms with E-state index in [0.717, 1.165) is 13.1 Å². The molecule has 2 amide bonds. The van der Waals surface area contributed by atoms with Gasteiger partial charge in [-0.2, -0.15) is 9.78 Å². The summed E-state index contributed by atoms with van der Waals surface area (Å²) in [5.41, 5.74) is 0.579. The van der Waals surface area contributed by atoms with Crippen LogP contribution in [0.1, 0.15) is 10.5 Å². The van der Waals surface area contributed by atoms with Gasteiger partial charge in [-0.3, -0.25) is 19.3 Å². The average molecular weight is 462 g/mol. The zero-order chi connectivity index (χ0) is 23.5. The number of carbonyl (C=O) groups excluding carboxylic acids is 2. The van der Waals surface area contributed by atoms with Crippen LogP contribution in [0.5, 0.6) is 0 Å². The fraction of sp³-hybridized carbons (Fsp3) is 0.360. The molecule has 9 nitrogen and oxygen atoms in total. The predicted molar refractivity (Wildman–Crippen MR) is 127 cm³/mol. The maximum absolute atomic E-state index is 13.5. The van der Waals surface area contributed by atoms with Crippen molar-refractivity contribution in [3.05, 3.63) is 70.6 Å². The van der Waals surface area contributed by atoms with Crippen LogP contribution in [-0.2, 0) is 9.53 Å². The van der Waals surface area contributed by atoms with E-state index in [0.29, 0.717) is 62.4 Å². The highest BCUT2D eigenvalue weighted by molar-refractivity contribution is 6.05. The van der Waals surface area contributed by atoms with E-state index in [9.17, 15) is 14.4 Å². The van der Waals surface area contributed by atoms with Crippen LogP contribution in [0.2, 0.25) is 0 Å². The van der Waals surface area contributed by atoms with E-state index in [-0.39, 0.29) is 23.1 Å². The molecule has 34 heavy (non-hydrogen) atoms. The van der Waals surface area contributed by atoms with E-state index in [4.69, 9.17) is 4.74 Å². The Bertz CT molecular complexity index is 1250. The summed E-state index contributed by atoms with van der Waals surface area (Å²) in [5, 5.41) is 5.48. The van der Waals surface area contributed by atoms with Gasteiger partial charge in [0.05, 0.1) is 30.8 Å². The first-order valence-corrected chi connectivity index (χ1v) is 11.6. The Balaban J connectivity index is 1.35. The Hall–Kier alpha value is -3.56. The number of ether oxygens (including phenoxy) is 1. The molecule has 3 heterocycles. The number of benzene rings is 2. The summed E-state index contributed by atoms with van der Waals surface area (Å²) in [5.74, 6) is -0.156. The lowest BCUT2D eigenvalue weighted by Gasteiger charge is -2.36. The third-order valence-corrected chi connectivity index (χ3v) is 6.39. The molecule has 2 fully saturated rings. The number of rotatable bonds is 4. The van der Waals surface area contributed by atoms with Crippen LogP contribution in [-0.4, -0.2) is 95.3 Å². The second-order valence-electron chi connectivity index (χ2n) is 8.51. The molecule has 0 bridgehead atoms. The van der Waals surface area contributed by atoms with E-state index < -0.39 is 0 Å². The topological polar surface area (TPSA) is 88.0 Å². The van der Waals surface area contributed by atoms with Gasteiger partial charge in [-0.25, -0.2) is 0 Å². The molecule has 2 aliphatic heterocycles. The summed E-state index contributed by atoms with van der Waals surface area (Å²) < 4.78 is 6.64. The van der Waals surface area contributed by atoms with Gasteiger partial charge in [-0.1, -0.05) is 36.4 Å². The highest BCUT2D eigenvalue weighted by atomic mass is 16.5. The molecule has 0 unspecified atom stereocenters. The second-order valence-corrected chi connectivity index (χ2v) is 8.51. The number of fused-ring (bicyclic) bond motifs is 1. The SMILES string of the molecule is O=C(CN1CCOCC1)N1CCN(C(=O)c2nn(-c3ccccc3)c(=O)c3ccccc23)CC1. The zero-order valence-electron chi connectivity index (χ0n) is 18.9. The second kappa shape index (κ2) is 9.74. The highest BCUT2D eigenvalue weighted by Crippen LogP contribution is 2.18. The number of para-hydroxylation sites is 1. The van der Waals surface area contributed by atoms with Crippen LogP contribution < -0.4 is 5.56 Å². The number of amides is 2. The van der Waals surface area contributed by atoms with Crippen molar-refractivity contribution in [3.63, 3.8) is 0 Å². The van der Waals surface area contributed by atoms with E-state index in [2.05, 4.69) is 10.00 Å². The van der Waals surface area contributed by atoms with Crippen molar-refractivity contribution in [2.45, 2.75) is 0 Å². The number of piperazine rings is 1. The van der Waals surface area contributed by atoms with E-state index in [1.807, 2.05) is 23.1 Å². The number of carbonyl (C=O) groups is 2. The van der Waals surface area contributed by atoms with E-state index >= 15 is 0 Å². The lowest BCUT2D eigenvalue weighted by atomic mass is 10.1. The van der Waals surface area contributed by atoms with Crippen molar-refractivity contribution >= 4 is 22.6 Å². The molecular weight excluding hydrogens is 434 g/mol. The summed E-state index contributed by atoms with van der Waals surface area (Å²) in [6.07, 6.45) is 0. The van der Waals surface area contributed by atoms with Crippen molar-refractivity contribution in [2.24, 2.45) is 0 Å². The molecule has 0 radical (unpaired) electrons. The van der Waals surface area contributed by atoms with Gasteiger partial charge in [0.25, 0.3) is 11.5 Å². The minimum absolute atomic E-state index is 0.0789. The summed E-state index contributed by atoms with van der Waals surface area (Å²) in [6.45, 7) is 5.02. The zero-order valence-corrected chi connectivity index (χ0v) is 18.9. The van der Waals surface area contributed by atoms with E-state index in [1.165, 1.54) is 4.68 Å². The first kappa shape index (κ1) is 22.2. The molecule has 0 spiro atoms. The number of morpholine rings is 1. The van der Waals surface area contributed by atoms with Crippen molar-refractivity contribution in [1.29, 1.82) is 0 Å². The van der Waals surface area contributed by atoms with Gasteiger partial charge in [0.15, 0.2) is 5.69 Å². The fourth-order valence-corrected chi connectivity index (χ4v) is 4.45. The Morgan fingerprint density at radius 1 is 0.794 bits per heavy atom. The van der Waals surface area contributed by atoms with Crippen LogP contribution in [0.25, 0.3) is 16.5 Å². The maximum Gasteiger partial charge on any atom is 0.279 e. The van der Waals surface area contributed by atoms with Crippen molar-refractivity contribution in [3.8, 4) is 5.69 Å². The van der Waals surface area contributed by atoms with Crippen molar-refractivity contribution in [2.75, 3.05) is 59.0 Å². The first-order chi connectivity index (χ1) is 16.6. The molecule has 9 heteroatoms. The lowest BCUT2D eigenvalue weighted by Crippen LogP contribution is -2.53. The Kier molecular flexibility index (Phi) is 6.37. The largest absolute Gasteiger partial charge is 0.379 e. The van der Waals surface area contributed by atoms with Gasteiger partial charge in [0.1, 0.15) is 0 Å². The van der Waals surface area contributed by atoms with Crippen molar-refractivity contribution < 1.29 is 14.3 Å². The van der Waals surface area contributed by atoms with Gasteiger partial charge < -0.3 is 14.5 Å². The Labute approximate surface area is 197 Å². The molecule has 0 saturated carbocycles. The van der Waals surface area contributed by atoms with Gasteiger partial charge >= 0.3 is 0 Å². The standard InChI is InChI=1S/C25H27N5O4/c31-22(18-27-14-16-34-17-15-27)28-10-12-29(13-11-28)25(33)23-20-8-4-5-9-21(20)24(32)30(26-23)19-6-2-1-3-7-19/h1-9H,10-18H2. The molecule has 176 valence electrons. The predicted octanol–water partition coefficient (Wildman–Crippen LogP) is 1.00. The Morgan fingerprint density at radius 3 is 2.12 bits per heavy atom. The maximum atomic E-state index is 13.5. The fourth-order valence-electron chi connectivity index (χ4n) is 4.45. The summed E-state index contributed by atoms with van der Waals surface area (Å²) in [7, 11) is 0. The van der Waals surface area contributed by atoms with Gasteiger partial charge in [-0.15, -0.1) is 0 Å². The molecule has 2 aromatic carbocycles. The van der Waals surface area contributed by atoms with E-state index in [1.54, 1.807) is 41.3 Å². The van der Waals surface area contributed by atoms with Gasteiger partial charge in [-0.05, 0) is 18.2 Å². The monoisotopic (exact) mass is 461 g/mol. The van der Waals surface area contributed by atoms with Crippen LogP contribution in [0.3, 0.4) is 0 Å². The molecule has 3 aromatic rings. The first-order valence-electron chi connectivity index (χ1n) is 11.6. The van der Waals surface area contributed by atoms with Gasteiger partial charge in [0.2, 0.25) is 5.91 Å². The summed E-state index contributed by atoms with van der Waals surface area (Å²) in [6, 6.07) is 16.2. The van der Waals surface area contributed by atoms with Crippen LogP contribution in [0.15, 0.2) is 59.4 Å². The minimum Gasteiger partial charge on any atom is -0.379 e. The number of hydrogen-bond donors (Lipinski definition) is 0. The van der Waals surface area contributed by atoms with Crippen LogP contribution >= 0.6 is 0 Å². The normalized spacial score (nSPS) is 17.2. The lowest BCUT2D eigenvalue weighted by molar-refractivity contribution is -0.134. The van der Waals surface area contributed by atoms with Crippen LogP contribution in [0, 0.1) is 0 Å². The summed E-state index contributed by atoms with van der Waals surface area (Å²) in [4.78, 5) is 45.0. The third kappa shape index (κ3) is 4.44.